The van der Waals surface area contributed by atoms with Gasteiger partial charge in [0, 0.05) is 50.5 Å². The predicted molar refractivity (Wildman–Crippen MR) is 102 cm³/mol. The second kappa shape index (κ2) is 8.95. The van der Waals surface area contributed by atoms with Crippen molar-refractivity contribution in [3.63, 3.8) is 0 Å². The SMILES string of the molecule is CC(C)c1nnc(N2CCN(C(=O)CCCC(=O)c3ccc(F)cc3)CC2)o1. The van der Waals surface area contributed by atoms with E-state index in [4.69, 9.17) is 4.42 Å². The van der Waals surface area contributed by atoms with Crippen molar-refractivity contribution >= 4 is 17.7 Å². The summed E-state index contributed by atoms with van der Waals surface area (Å²) >= 11 is 0. The number of halogens is 1. The number of benzene rings is 1. The highest BCUT2D eigenvalue weighted by atomic mass is 19.1. The summed E-state index contributed by atoms with van der Waals surface area (Å²) < 4.78 is 18.6. The Bertz CT molecular complexity index is 811. The summed E-state index contributed by atoms with van der Waals surface area (Å²) in [5, 5.41) is 8.12. The van der Waals surface area contributed by atoms with Crippen LogP contribution in [0.1, 0.15) is 55.3 Å². The van der Waals surface area contributed by atoms with Crippen LogP contribution in [0.2, 0.25) is 0 Å². The fraction of sp³-hybridized carbons (Fsp3) is 0.500. The van der Waals surface area contributed by atoms with E-state index in [-0.39, 0.29) is 29.8 Å². The quantitative estimate of drug-likeness (QED) is 0.679. The summed E-state index contributed by atoms with van der Waals surface area (Å²) in [7, 11) is 0. The fourth-order valence-electron chi connectivity index (χ4n) is 3.07. The summed E-state index contributed by atoms with van der Waals surface area (Å²) in [6.45, 7) is 6.44. The topological polar surface area (TPSA) is 79.5 Å². The van der Waals surface area contributed by atoms with Gasteiger partial charge < -0.3 is 14.2 Å². The average molecular weight is 388 g/mol. The third-order valence-electron chi connectivity index (χ3n) is 4.79. The lowest BCUT2D eigenvalue weighted by molar-refractivity contribution is -0.131. The lowest BCUT2D eigenvalue weighted by Crippen LogP contribution is -2.48. The monoisotopic (exact) mass is 388 g/mol. The number of anilines is 1. The van der Waals surface area contributed by atoms with Crippen molar-refractivity contribution in [2.75, 3.05) is 31.1 Å². The molecule has 1 aliphatic rings. The van der Waals surface area contributed by atoms with Crippen LogP contribution in [0.25, 0.3) is 0 Å². The van der Waals surface area contributed by atoms with Crippen LogP contribution in [0.3, 0.4) is 0 Å². The van der Waals surface area contributed by atoms with E-state index in [9.17, 15) is 14.0 Å². The number of carbonyl (C=O) groups is 2. The lowest BCUT2D eigenvalue weighted by Gasteiger charge is -2.33. The van der Waals surface area contributed by atoms with Gasteiger partial charge in [0.2, 0.25) is 11.8 Å². The molecule has 0 bridgehead atoms. The number of Topliss-reactive ketones (excluding diaryl/α,β-unsaturated/α-hetero) is 1. The summed E-state index contributed by atoms with van der Waals surface area (Å²) in [6, 6.07) is 5.99. The number of aromatic nitrogens is 2. The van der Waals surface area contributed by atoms with Crippen LogP contribution in [-0.4, -0.2) is 53.0 Å². The van der Waals surface area contributed by atoms with E-state index >= 15 is 0 Å². The Morgan fingerprint density at radius 3 is 2.36 bits per heavy atom. The molecule has 1 aliphatic heterocycles. The molecule has 3 rings (SSSR count). The number of amides is 1. The van der Waals surface area contributed by atoms with Gasteiger partial charge in [-0.25, -0.2) is 4.39 Å². The van der Waals surface area contributed by atoms with Gasteiger partial charge in [-0.15, -0.1) is 5.10 Å². The zero-order chi connectivity index (χ0) is 20.1. The van der Waals surface area contributed by atoms with Gasteiger partial charge in [0.15, 0.2) is 5.78 Å². The fourth-order valence-corrected chi connectivity index (χ4v) is 3.07. The van der Waals surface area contributed by atoms with E-state index in [1.165, 1.54) is 24.3 Å². The normalized spacial score (nSPS) is 14.6. The first-order valence-corrected chi connectivity index (χ1v) is 9.59. The highest BCUT2D eigenvalue weighted by molar-refractivity contribution is 5.96. The molecule has 0 aliphatic carbocycles. The summed E-state index contributed by atoms with van der Waals surface area (Å²) in [5.74, 6) is 0.391. The second-order valence-electron chi connectivity index (χ2n) is 7.23. The van der Waals surface area contributed by atoms with E-state index in [1.807, 2.05) is 18.7 Å². The van der Waals surface area contributed by atoms with E-state index in [2.05, 4.69) is 10.2 Å². The van der Waals surface area contributed by atoms with Crippen LogP contribution < -0.4 is 4.90 Å². The van der Waals surface area contributed by atoms with Gasteiger partial charge in [-0.1, -0.05) is 18.9 Å². The molecule has 7 nitrogen and oxygen atoms in total. The smallest absolute Gasteiger partial charge is 0.318 e. The van der Waals surface area contributed by atoms with Gasteiger partial charge >= 0.3 is 6.01 Å². The first-order chi connectivity index (χ1) is 13.4. The van der Waals surface area contributed by atoms with E-state index < -0.39 is 0 Å². The van der Waals surface area contributed by atoms with E-state index in [0.717, 1.165) is 0 Å². The first-order valence-electron chi connectivity index (χ1n) is 9.59. The molecule has 1 aromatic heterocycles. The molecule has 1 fully saturated rings. The maximum atomic E-state index is 12.9. The third-order valence-corrected chi connectivity index (χ3v) is 4.79. The molecule has 0 spiro atoms. The lowest BCUT2D eigenvalue weighted by atomic mass is 10.1. The molecule has 2 heterocycles. The van der Waals surface area contributed by atoms with Crippen LogP contribution in [0.15, 0.2) is 28.7 Å². The van der Waals surface area contributed by atoms with Crippen LogP contribution in [0.5, 0.6) is 0 Å². The second-order valence-corrected chi connectivity index (χ2v) is 7.23. The van der Waals surface area contributed by atoms with Gasteiger partial charge in [0.05, 0.1) is 0 Å². The summed E-state index contributed by atoms with van der Waals surface area (Å²) in [6.07, 6.45) is 1.08. The molecule has 0 atom stereocenters. The van der Waals surface area contributed by atoms with Crippen molar-refractivity contribution in [2.45, 2.75) is 39.0 Å². The van der Waals surface area contributed by atoms with Crippen molar-refractivity contribution in [1.82, 2.24) is 15.1 Å². The zero-order valence-electron chi connectivity index (χ0n) is 16.2. The van der Waals surface area contributed by atoms with Crippen molar-refractivity contribution in [3.05, 3.63) is 41.5 Å². The Hall–Kier alpha value is -2.77. The number of piperazine rings is 1. The van der Waals surface area contributed by atoms with Gasteiger partial charge in [0.1, 0.15) is 5.82 Å². The molecule has 0 unspecified atom stereocenters. The van der Waals surface area contributed by atoms with Crippen molar-refractivity contribution in [1.29, 1.82) is 0 Å². The maximum Gasteiger partial charge on any atom is 0.318 e. The number of nitrogens with zero attached hydrogens (tertiary/aromatic N) is 4. The molecular weight excluding hydrogens is 363 g/mol. The Balaban J connectivity index is 1.41. The summed E-state index contributed by atoms with van der Waals surface area (Å²) in [5.41, 5.74) is 0.475. The van der Waals surface area contributed by atoms with Crippen LogP contribution in [-0.2, 0) is 4.79 Å². The van der Waals surface area contributed by atoms with Crippen molar-refractivity contribution in [2.24, 2.45) is 0 Å². The zero-order valence-corrected chi connectivity index (χ0v) is 16.2. The molecule has 1 saturated heterocycles. The Labute approximate surface area is 163 Å². The first kappa shape index (κ1) is 20.0. The maximum absolute atomic E-state index is 12.9. The Morgan fingerprint density at radius 1 is 1.07 bits per heavy atom. The predicted octanol–water partition coefficient (Wildman–Crippen LogP) is 3.03. The minimum atomic E-state index is -0.369. The van der Waals surface area contributed by atoms with Crippen LogP contribution >= 0.6 is 0 Å². The van der Waals surface area contributed by atoms with Gasteiger partial charge in [-0.05, 0) is 30.7 Å². The molecule has 2 aromatic rings. The Morgan fingerprint density at radius 2 is 1.75 bits per heavy atom. The van der Waals surface area contributed by atoms with Gasteiger partial charge in [0.25, 0.3) is 0 Å². The number of rotatable bonds is 7. The minimum absolute atomic E-state index is 0.0416. The van der Waals surface area contributed by atoms with Gasteiger partial charge in [-0.3, -0.25) is 9.59 Å². The molecule has 1 amide bonds. The number of hydrogen-bond donors (Lipinski definition) is 0. The summed E-state index contributed by atoms with van der Waals surface area (Å²) in [4.78, 5) is 28.3. The molecule has 0 saturated carbocycles. The third kappa shape index (κ3) is 4.94. The van der Waals surface area contributed by atoms with E-state index in [0.29, 0.717) is 56.5 Å². The standard InChI is InChI=1S/C20H25FN4O3/c1-14(2)19-22-23-20(28-19)25-12-10-24(11-13-25)18(27)5-3-4-17(26)15-6-8-16(21)9-7-15/h6-9,14H,3-5,10-13H2,1-2H3. The molecule has 28 heavy (non-hydrogen) atoms. The largest absolute Gasteiger partial charge is 0.408 e. The molecular formula is C20H25FN4O3. The minimum Gasteiger partial charge on any atom is -0.408 e. The number of carbonyl (C=O) groups excluding carboxylic acids is 2. The average Bonchev–Trinajstić information content (AvgIpc) is 3.19. The molecule has 150 valence electrons. The van der Waals surface area contributed by atoms with E-state index in [1.54, 1.807) is 4.90 Å². The van der Waals surface area contributed by atoms with Gasteiger partial charge in [-0.2, -0.15) is 0 Å². The molecule has 8 heteroatoms. The van der Waals surface area contributed by atoms with Crippen LogP contribution in [0, 0.1) is 5.82 Å². The Kier molecular flexibility index (Phi) is 6.38. The van der Waals surface area contributed by atoms with Crippen LogP contribution in [0.4, 0.5) is 10.4 Å². The van der Waals surface area contributed by atoms with Crippen molar-refractivity contribution < 1.29 is 18.4 Å². The molecule has 1 aromatic carbocycles. The molecule has 0 N–H and O–H groups in total. The molecule has 0 radical (unpaired) electrons. The number of hydrogen-bond acceptors (Lipinski definition) is 6. The number of ketones is 1. The highest BCUT2D eigenvalue weighted by Crippen LogP contribution is 2.20. The highest BCUT2D eigenvalue weighted by Gasteiger charge is 2.24. The van der Waals surface area contributed by atoms with Crippen molar-refractivity contribution in [3.8, 4) is 0 Å².